The van der Waals surface area contributed by atoms with Crippen LogP contribution in [-0.4, -0.2) is 55.3 Å². The number of likely N-dealkylation sites (tertiary alicyclic amines) is 1. The van der Waals surface area contributed by atoms with Crippen molar-refractivity contribution in [2.45, 2.75) is 38.6 Å². The third-order valence-electron chi connectivity index (χ3n) is 4.86. The molecular weight excluding hydrogens is 448 g/mol. The highest BCUT2D eigenvalue weighted by Crippen LogP contribution is 2.36. The number of thiophene rings is 1. The molecular formula is C18H27ClN6O3S2. The van der Waals surface area contributed by atoms with E-state index in [9.17, 15) is 13.2 Å². The highest BCUT2D eigenvalue weighted by atomic mass is 35.5. The van der Waals surface area contributed by atoms with Gasteiger partial charge in [-0.25, -0.2) is 13.8 Å². The number of nitrogens with one attached hydrogen (secondary N) is 2. The summed E-state index contributed by atoms with van der Waals surface area (Å²) in [6.07, 6.45) is 4.67. The molecule has 2 aromatic heterocycles. The molecule has 0 unspecified atom stereocenters. The van der Waals surface area contributed by atoms with E-state index in [2.05, 4.69) is 20.0 Å². The maximum Gasteiger partial charge on any atom is 0.334 e. The van der Waals surface area contributed by atoms with Crippen molar-refractivity contribution < 1.29 is 13.2 Å². The molecule has 0 spiro atoms. The van der Waals surface area contributed by atoms with Gasteiger partial charge in [0.15, 0.2) is 0 Å². The Labute approximate surface area is 186 Å². The Hall–Kier alpha value is -1.82. The summed E-state index contributed by atoms with van der Waals surface area (Å²) in [5.41, 5.74) is 0.928. The van der Waals surface area contributed by atoms with Crippen LogP contribution in [0.15, 0.2) is 18.5 Å². The van der Waals surface area contributed by atoms with Gasteiger partial charge in [-0.1, -0.05) is 25.4 Å². The molecule has 2 amide bonds. The molecule has 3 rings (SSSR count). The van der Waals surface area contributed by atoms with Crippen molar-refractivity contribution in [1.82, 2.24) is 19.4 Å². The molecule has 2 aromatic rings. The number of hydrogen-bond donors (Lipinski definition) is 2. The van der Waals surface area contributed by atoms with Gasteiger partial charge in [0.2, 0.25) is 0 Å². The average molecular weight is 475 g/mol. The molecule has 1 atom stereocenters. The van der Waals surface area contributed by atoms with Crippen molar-refractivity contribution in [1.29, 1.82) is 0 Å². The molecule has 1 saturated heterocycles. The Morgan fingerprint density at radius 1 is 1.40 bits per heavy atom. The van der Waals surface area contributed by atoms with E-state index in [1.807, 2.05) is 20.9 Å². The molecule has 0 aromatic carbocycles. The van der Waals surface area contributed by atoms with Gasteiger partial charge in [-0.05, 0) is 38.4 Å². The molecule has 0 bridgehead atoms. The third kappa shape index (κ3) is 5.26. The van der Waals surface area contributed by atoms with Crippen LogP contribution < -0.4 is 14.3 Å². The van der Waals surface area contributed by atoms with E-state index >= 15 is 0 Å². The molecule has 0 saturated carbocycles. The van der Waals surface area contributed by atoms with Gasteiger partial charge < -0.3 is 10.2 Å². The summed E-state index contributed by atoms with van der Waals surface area (Å²) < 4.78 is 32.0. The quantitative estimate of drug-likeness (QED) is 0.669. The van der Waals surface area contributed by atoms with Gasteiger partial charge in [0.1, 0.15) is 0 Å². The van der Waals surface area contributed by atoms with Crippen LogP contribution in [0.3, 0.4) is 0 Å². The van der Waals surface area contributed by atoms with Gasteiger partial charge in [0.05, 0.1) is 27.9 Å². The van der Waals surface area contributed by atoms with E-state index in [1.54, 1.807) is 19.3 Å². The molecule has 1 aliphatic rings. The summed E-state index contributed by atoms with van der Waals surface area (Å²) in [6, 6.07) is 0.493. The number of amides is 2. The number of aromatic nitrogens is 2. The average Bonchev–Trinajstić information content (AvgIpc) is 3.20. The number of likely N-dealkylation sites (N-methyl/N-ethyl adjacent to an activating group) is 1. The fourth-order valence-electron chi connectivity index (χ4n) is 3.61. The Morgan fingerprint density at radius 2 is 2.13 bits per heavy atom. The first-order valence-electron chi connectivity index (χ1n) is 9.66. The zero-order chi connectivity index (χ0) is 22.1. The molecule has 9 nitrogen and oxygen atoms in total. The summed E-state index contributed by atoms with van der Waals surface area (Å²) in [5, 5.41) is 6.73. The summed E-state index contributed by atoms with van der Waals surface area (Å²) in [4.78, 5) is 15.6. The maximum atomic E-state index is 13.2. The van der Waals surface area contributed by atoms with Crippen LogP contribution in [0, 0.1) is 0 Å². The normalized spacial score (nSPS) is 17.9. The number of hydrogen-bond acceptors (Lipinski definition) is 6. The second-order valence-corrected chi connectivity index (χ2v) is 11.0. The summed E-state index contributed by atoms with van der Waals surface area (Å²) >= 11 is 7.44. The van der Waals surface area contributed by atoms with E-state index in [1.165, 1.54) is 26.5 Å². The lowest BCUT2D eigenvalue weighted by Crippen LogP contribution is -2.54. The van der Waals surface area contributed by atoms with Gasteiger partial charge in [0, 0.05) is 24.7 Å². The van der Waals surface area contributed by atoms with Crippen molar-refractivity contribution in [2.24, 2.45) is 7.05 Å². The van der Waals surface area contributed by atoms with Gasteiger partial charge in [-0.3, -0.25) is 4.68 Å². The number of halogens is 1. The first-order chi connectivity index (χ1) is 14.1. The minimum atomic E-state index is -4.17. The lowest BCUT2D eigenvalue weighted by Gasteiger charge is -2.37. The maximum absolute atomic E-state index is 13.2. The predicted molar refractivity (Wildman–Crippen MR) is 121 cm³/mol. The number of urea groups is 1. The monoisotopic (exact) mass is 474 g/mol. The van der Waals surface area contributed by atoms with Crippen LogP contribution in [0.25, 0.3) is 0 Å². The third-order valence-corrected chi connectivity index (χ3v) is 7.90. The smallest absolute Gasteiger partial charge is 0.306 e. The summed E-state index contributed by atoms with van der Waals surface area (Å²) in [6.45, 7) is 5.43. The molecule has 1 aliphatic heterocycles. The first-order valence-corrected chi connectivity index (χ1v) is 12.3. The van der Waals surface area contributed by atoms with Crippen molar-refractivity contribution >= 4 is 50.6 Å². The van der Waals surface area contributed by atoms with Crippen LogP contribution in [-0.2, 0) is 17.3 Å². The summed E-state index contributed by atoms with van der Waals surface area (Å²) in [7, 11) is -0.499. The SMILES string of the molecule is CC(C)c1sc(Cl)cc1NC(=O)NS(=O)(=O)N(c1cnn(C)c1)[C@H]1CCCN(C)C1. The number of piperidine rings is 1. The van der Waals surface area contributed by atoms with Crippen LogP contribution >= 0.6 is 22.9 Å². The molecule has 2 N–H and O–H groups in total. The minimum Gasteiger partial charge on any atom is -0.306 e. The number of anilines is 2. The molecule has 3 heterocycles. The predicted octanol–water partition coefficient (Wildman–Crippen LogP) is 3.23. The van der Waals surface area contributed by atoms with Crippen molar-refractivity contribution in [2.75, 3.05) is 29.8 Å². The fraction of sp³-hybridized carbons (Fsp3) is 0.556. The highest BCUT2D eigenvalue weighted by molar-refractivity contribution is 7.91. The van der Waals surface area contributed by atoms with Crippen molar-refractivity contribution in [3.8, 4) is 0 Å². The largest absolute Gasteiger partial charge is 0.334 e. The van der Waals surface area contributed by atoms with E-state index in [0.29, 0.717) is 28.7 Å². The van der Waals surface area contributed by atoms with Gasteiger partial charge in [-0.15, -0.1) is 11.3 Å². The second kappa shape index (κ2) is 9.13. The van der Waals surface area contributed by atoms with Crippen LogP contribution in [0.4, 0.5) is 16.2 Å². The molecule has 12 heteroatoms. The van der Waals surface area contributed by atoms with E-state index in [-0.39, 0.29) is 12.0 Å². The van der Waals surface area contributed by atoms with Crippen LogP contribution in [0.5, 0.6) is 0 Å². The topological polar surface area (TPSA) is 99.6 Å². The molecule has 166 valence electrons. The Kier molecular flexibility index (Phi) is 6.95. The van der Waals surface area contributed by atoms with Gasteiger partial charge in [-0.2, -0.15) is 13.5 Å². The number of rotatable bonds is 6. The van der Waals surface area contributed by atoms with Crippen LogP contribution in [0.1, 0.15) is 37.5 Å². The summed E-state index contributed by atoms with van der Waals surface area (Å²) in [5.74, 6) is 0.138. The number of carbonyl (C=O) groups is 1. The van der Waals surface area contributed by atoms with Crippen molar-refractivity contribution in [3.05, 3.63) is 27.7 Å². The first kappa shape index (κ1) is 22.9. The molecule has 30 heavy (non-hydrogen) atoms. The zero-order valence-corrected chi connectivity index (χ0v) is 19.8. The highest BCUT2D eigenvalue weighted by Gasteiger charge is 2.35. The Balaban J connectivity index is 1.83. The Bertz CT molecular complexity index is 1000. The number of carbonyl (C=O) groups excluding carboxylic acids is 1. The van der Waals surface area contributed by atoms with Gasteiger partial charge >= 0.3 is 16.2 Å². The number of aryl methyl sites for hydroxylation is 1. The lowest BCUT2D eigenvalue weighted by atomic mass is 10.1. The second-order valence-electron chi connectivity index (χ2n) is 7.77. The molecule has 0 radical (unpaired) electrons. The molecule has 0 aliphatic carbocycles. The zero-order valence-electron chi connectivity index (χ0n) is 17.4. The Morgan fingerprint density at radius 3 is 2.73 bits per heavy atom. The standard InChI is InChI=1S/C18H27ClN6O3S2/c1-12(2)17-15(8-16(19)29-17)21-18(26)22-30(27,28)25(14-9-20-24(4)11-14)13-6-5-7-23(3)10-13/h8-9,11-13H,5-7,10H2,1-4H3,(H2,21,22,26)/t13-/m0/s1. The number of nitrogens with zero attached hydrogens (tertiary/aromatic N) is 4. The van der Waals surface area contributed by atoms with E-state index < -0.39 is 16.2 Å². The fourth-order valence-corrected chi connectivity index (χ4v) is 6.13. The van der Waals surface area contributed by atoms with E-state index in [0.717, 1.165) is 17.8 Å². The van der Waals surface area contributed by atoms with Crippen molar-refractivity contribution in [3.63, 3.8) is 0 Å². The van der Waals surface area contributed by atoms with Crippen LogP contribution in [0.2, 0.25) is 4.34 Å². The molecule has 1 fully saturated rings. The lowest BCUT2D eigenvalue weighted by molar-refractivity contribution is 0.251. The van der Waals surface area contributed by atoms with E-state index in [4.69, 9.17) is 11.6 Å². The van der Waals surface area contributed by atoms with Gasteiger partial charge in [0.25, 0.3) is 0 Å². The minimum absolute atomic E-state index is 0.138.